The molecule has 21 heavy (non-hydrogen) atoms. The van der Waals surface area contributed by atoms with Crippen molar-refractivity contribution >= 4 is 51.5 Å². The molecule has 0 saturated carbocycles. The summed E-state index contributed by atoms with van der Waals surface area (Å²) in [6, 6.07) is 11.8. The maximum absolute atomic E-state index is 13.7. The molecule has 0 radical (unpaired) electrons. The zero-order valence-electron chi connectivity index (χ0n) is 11.1. The van der Waals surface area contributed by atoms with Gasteiger partial charge in [-0.2, -0.15) is 0 Å². The molecule has 0 bridgehead atoms. The summed E-state index contributed by atoms with van der Waals surface area (Å²) in [7, 11) is 0. The van der Waals surface area contributed by atoms with Crippen LogP contribution >= 0.6 is 34.8 Å². The molecule has 0 saturated heterocycles. The predicted octanol–water partition coefficient (Wildman–Crippen LogP) is 3.87. The van der Waals surface area contributed by atoms with Crippen LogP contribution < -0.4 is 10.6 Å². The van der Waals surface area contributed by atoms with Gasteiger partial charge in [-0.15, -0.1) is 0 Å². The minimum Gasteiger partial charge on any atom is -0.330 e. The van der Waals surface area contributed by atoms with E-state index in [1.807, 2.05) is 41.6 Å². The predicted molar refractivity (Wildman–Crippen MR) is 94.0 cm³/mol. The number of hydrogen-bond donors (Lipinski definition) is 2. The molecule has 108 valence electrons. The number of anilines is 1. The highest BCUT2D eigenvalue weighted by molar-refractivity contribution is 14.1. The second kappa shape index (κ2) is 6.95. The highest BCUT2D eigenvalue weighted by Crippen LogP contribution is 2.16. The number of carbonyl (C=O) groups excluding carboxylic acids is 1. The van der Waals surface area contributed by atoms with Crippen LogP contribution in [0.25, 0.3) is 0 Å². The van der Waals surface area contributed by atoms with Crippen molar-refractivity contribution in [2.45, 2.75) is 6.92 Å². The number of rotatable bonds is 2. The number of carbonyl (C=O) groups is 1. The molecule has 0 unspecified atom stereocenters. The molecule has 0 aromatic heterocycles. The van der Waals surface area contributed by atoms with E-state index >= 15 is 0 Å². The Balaban J connectivity index is 2.01. The van der Waals surface area contributed by atoms with E-state index in [-0.39, 0.29) is 16.7 Å². The standard InChI is InChI=1S/C15H12FIN2OS/c1-9-2-4-10(5-3-9)14(20)19-15(21)18-13-7-6-11(17)8-12(13)16/h2-8H,1H3,(H2,18,19,20,21). The molecule has 2 N–H and O–H groups in total. The zero-order valence-corrected chi connectivity index (χ0v) is 14.1. The Morgan fingerprint density at radius 2 is 1.86 bits per heavy atom. The Morgan fingerprint density at radius 3 is 2.48 bits per heavy atom. The molecular weight excluding hydrogens is 402 g/mol. The van der Waals surface area contributed by atoms with Crippen LogP contribution in [0.4, 0.5) is 10.1 Å². The molecule has 0 aliphatic heterocycles. The first-order chi connectivity index (χ1) is 9.95. The first-order valence-electron chi connectivity index (χ1n) is 6.10. The van der Waals surface area contributed by atoms with Crippen molar-refractivity contribution in [3.8, 4) is 0 Å². The molecule has 2 aromatic carbocycles. The van der Waals surface area contributed by atoms with Crippen LogP contribution in [0.3, 0.4) is 0 Å². The van der Waals surface area contributed by atoms with Crippen LogP contribution in [-0.4, -0.2) is 11.0 Å². The van der Waals surface area contributed by atoms with E-state index in [9.17, 15) is 9.18 Å². The lowest BCUT2D eigenvalue weighted by Crippen LogP contribution is -2.34. The fourth-order valence-corrected chi connectivity index (χ4v) is 2.28. The van der Waals surface area contributed by atoms with E-state index in [4.69, 9.17) is 12.2 Å². The molecule has 2 rings (SSSR count). The van der Waals surface area contributed by atoms with Gasteiger partial charge in [0.2, 0.25) is 0 Å². The van der Waals surface area contributed by atoms with E-state index < -0.39 is 5.82 Å². The Hall–Kier alpha value is -1.54. The third-order valence-corrected chi connectivity index (χ3v) is 3.60. The number of aryl methyl sites for hydroxylation is 1. The van der Waals surface area contributed by atoms with Crippen molar-refractivity contribution in [1.82, 2.24) is 5.32 Å². The van der Waals surface area contributed by atoms with E-state index in [1.54, 1.807) is 24.3 Å². The number of hydrogen-bond acceptors (Lipinski definition) is 2. The number of amides is 1. The van der Waals surface area contributed by atoms with Crippen molar-refractivity contribution in [2.24, 2.45) is 0 Å². The van der Waals surface area contributed by atoms with Crippen molar-refractivity contribution in [1.29, 1.82) is 0 Å². The summed E-state index contributed by atoms with van der Waals surface area (Å²) in [5.41, 5.74) is 1.78. The lowest BCUT2D eigenvalue weighted by molar-refractivity contribution is 0.0977. The van der Waals surface area contributed by atoms with Gasteiger partial charge in [0.05, 0.1) is 5.69 Å². The lowest BCUT2D eigenvalue weighted by atomic mass is 10.1. The number of thiocarbonyl (C=S) groups is 1. The minimum absolute atomic E-state index is 0.0562. The lowest BCUT2D eigenvalue weighted by Gasteiger charge is -2.10. The zero-order chi connectivity index (χ0) is 15.4. The topological polar surface area (TPSA) is 41.1 Å². The fraction of sp³-hybridized carbons (Fsp3) is 0.0667. The van der Waals surface area contributed by atoms with Crippen LogP contribution in [0, 0.1) is 16.3 Å². The molecule has 1 amide bonds. The Bertz CT molecular complexity index is 689. The third-order valence-electron chi connectivity index (χ3n) is 2.72. The minimum atomic E-state index is -0.422. The molecule has 0 heterocycles. The van der Waals surface area contributed by atoms with Crippen molar-refractivity contribution < 1.29 is 9.18 Å². The van der Waals surface area contributed by atoms with Crippen LogP contribution in [0.5, 0.6) is 0 Å². The monoisotopic (exact) mass is 414 g/mol. The summed E-state index contributed by atoms with van der Waals surface area (Å²) in [5.74, 6) is -0.757. The van der Waals surface area contributed by atoms with E-state index in [0.29, 0.717) is 5.56 Å². The van der Waals surface area contributed by atoms with Gasteiger partial charge in [0, 0.05) is 9.13 Å². The van der Waals surface area contributed by atoms with E-state index in [0.717, 1.165) is 9.13 Å². The smallest absolute Gasteiger partial charge is 0.257 e. The van der Waals surface area contributed by atoms with Crippen LogP contribution in [0.15, 0.2) is 42.5 Å². The molecule has 6 heteroatoms. The third kappa shape index (κ3) is 4.47. The van der Waals surface area contributed by atoms with Crippen LogP contribution in [0.2, 0.25) is 0 Å². The number of benzene rings is 2. The summed E-state index contributed by atoms with van der Waals surface area (Å²) in [5, 5.41) is 5.25. The molecule has 0 aliphatic rings. The summed E-state index contributed by atoms with van der Waals surface area (Å²) >= 11 is 7.03. The molecule has 0 atom stereocenters. The first-order valence-corrected chi connectivity index (χ1v) is 7.58. The normalized spacial score (nSPS) is 10.0. The fourth-order valence-electron chi connectivity index (χ4n) is 1.62. The van der Waals surface area contributed by atoms with Gasteiger partial charge in [0.25, 0.3) is 5.91 Å². The number of nitrogens with one attached hydrogen (secondary N) is 2. The maximum Gasteiger partial charge on any atom is 0.257 e. The molecule has 0 fully saturated rings. The second-order valence-electron chi connectivity index (χ2n) is 4.40. The van der Waals surface area contributed by atoms with Crippen molar-refractivity contribution in [2.75, 3.05) is 5.32 Å². The SMILES string of the molecule is Cc1ccc(C(=O)NC(=S)Nc2ccc(I)cc2F)cc1. The Morgan fingerprint density at radius 1 is 1.19 bits per heavy atom. The summed E-state index contributed by atoms with van der Waals surface area (Å²) in [4.78, 5) is 12.0. The summed E-state index contributed by atoms with van der Waals surface area (Å²) in [6.45, 7) is 1.94. The summed E-state index contributed by atoms with van der Waals surface area (Å²) < 4.78 is 14.5. The van der Waals surface area contributed by atoms with Crippen LogP contribution in [0.1, 0.15) is 15.9 Å². The molecular formula is C15H12FIN2OS. The average molecular weight is 414 g/mol. The molecule has 0 aliphatic carbocycles. The van der Waals surface area contributed by atoms with E-state index in [1.165, 1.54) is 6.07 Å². The van der Waals surface area contributed by atoms with Crippen LogP contribution in [-0.2, 0) is 0 Å². The van der Waals surface area contributed by atoms with Gasteiger partial charge in [0.15, 0.2) is 5.11 Å². The van der Waals surface area contributed by atoms with Gasteiger partial charge in [-0.1, -0.05) is 17.7 Å². The Labute approximate surface area is 141 Å². The average Bonchev–Trinajstić information content (AvgIpc) is 2.42. The molecule has 2 aromatic rings. The highest BCUT2D eigenvalue weighted by Gasteiger charge is 2.09. The van der Waals surface area contributed by atoms with Crippen molar-refractivity contribution in [3.05, 3.63) is 63.0 Å². The first kappa shape index (κ1) is 15.8. The molecule has 3 nitrogen and oxygen atoms in total. The van der Waals surface area contributed by atoms with Gasteiger partial charge < -0.3 is 5.32 Å². The van der Waals surface area contributed by atoms with Gasteiger partial charge in [-0.3, -0.25) is 10.1 Å². The second-order valence-corrected chi connectivity index (χ2v) is 6.05. The maximum atomic E-state index is 13.7. The largest absolute Gasteiger partial charge is 0.330 e. The molecule has 0 spiro atoms. The summed E-state index contributed by atoms with van der Waals surface area (Å²) in [6.07, 6.45) is 0. The van der Waals surface area contributed by atoms with Gasteiger partial charge in [-0.05, 0) is 72.1 Å². The van der Waals surface area contributed by atoms with Crippen molar-refractivity contribution in [3.63, 3.8) is 0 Å². The number of halogens is 2. The van der Waals surface area contributed by atoms with E-state index in [2.05, 4.69) is 10.6 Å². The van der Waals surface area contributed by atoms with Gasteiger partial charge in [0.1, 0.15) is 5.82 Å². The van der Waals surface area contributed by atoms with Gasteiger partial charge in [-0.25, -0.2) is 4.39 Å². The van der Waals surface area contributed by atoms with Gasteiger partial charge >= 0.3 is 0 Å². The Kier molecular flexibility index (Phi) is 5.24. The quantitative estimate of drug-likeness (QED) is 0.579. The highest BCUT2D eigenvalue weighted by atomic mass is 127.